The molecule has 4 rings (SSSR count). The summed E-state index contributed by atoms with van der Waals surface area (Å²) in [4.78, 5) is 13.1. The van der Waals surface area contributed by atoms with Gasteiger partial charge in [-0.1, -0.05) is 6.42 Å². The van der Waals surface area contributed by atoms with Crippen LogP contribution in [0, 0.1) is 12.8 Å². The Balaban J connectivity index is 1.43. The molecule has 2 aromatic rings. The average Bonchev–Trinajstić information content (AvgIpc) is 3.46. The van der Waals surface area contributed by atoms with E-state index in [1.165, 1.54) is 0 Å². The molecule has 2 aromatic heterocycles. The maximum Gasteiger partial charge on any atom is 0.223 e. The summed E-state index contributed by atoms with van der Waals surface area (Å²) in [5, 5.41) is 0. The van der Waals surface area contributed by atoms with Gasteiger partial charge in [-0.3, -0.25) is 4.98 Å². The van der Waals surface area contributed by atoms with Crippen LogP contribution >= 0.6 is 0 Å². The van der Waals surface area contributed by atoms with Gasteiger partial charge in [-0.25, -0.2) is 9.37 Å². The number of alkyl halides is 1. The lowest BCUT2D eigenvalue weighted by molar-refractivity contribution is 0.0989. The molecule has 2 aliphatic carbocycles. The molecule has 0 unspecified atom stereocenters. The van der Waals surface area contributed by atoms with Gasteiger partial charge in [0.15, 0.2) is 0 Å². The number of hydrogen-bond donors (Lipinski definition) is 0. The first-order chi connectivity index (χ1) is 13.1. The molecular formula is C21H26FN3O2. The fourth-order valence-corrected chi connectivity index (χ4v) is 3.96. The molecule has 2 heterocycles. The van der Waals surface area contributed by atoms with E-state index in [0.717, 1.165) is 37.1 Å². The van der Waals surface area contributed by atoms with Gasteiger partial charge in [0.1, 0.15) is 17.2 Å². The van der Waals surface area contributed by atoms with Gasteiger partial charge in [-0.05, 0) is 51.2 Å². The summed E-state index contributed by atoms with van der Waals surface area (Å²) in [6.07, 6.45) is 8.34. The normalized spacial score (nSPS) is 23.7. The zero-order chi connectivity index (χ0) is 18.9. The number of pyridine rings is 1. The highest BCUT2D eigenvalue weighted by Gasteiger charge is 2.41. The van der Waals surface area contributed by atoms with E-state index in [9.17, 15) is 0 Å². The van der Waals surface area contributed by atoms with E-state index in [1.54, 1.807) is 19.5 Å². The second kappa shape index (κ2) is 7.41. The van der Waals surface area contributed by atoms with Crippen LogP contribution in [0.3, 0.4) is 0 Å². The number of hydrogen-bond acceptors (Lipinski definition) is 5. The second-order valence-electron chi connectivity index (χ2n) is 7.70. The van der Waals surface area contributed by atoms with E-state index in [1.807, 2.05) is 19.1 Å². The monoisotopic (exact) mass is 371 g/mol. The standard InChI is InChI=1S/C21H26FN3O2/c1-14-23-12-18(21(22)8-4-3-5-9-21)20(25-14)27-13-15-10-17(15)19-7-6-16(26-2)11-24-19/h6-7,11-12,15,17H,3-5,8-10,13H2,1-2H3/t15-,17+/m1/s1. The third kappa shape index (κ3) is 3.89. The number of aromatic nitrogens is 3. The van der Waals surface area contributed by atoms with Crippen molar-refractivity contribution in [2.45, 2.75) is 57.0 Å². The zero-order valence-corrected chi connectivity index (χ0v) is 15.9. The Morgan fingerprint density at radius 1 is 1.15 bits per heavy atom. The molecule has 0 N–H and O–H groups in total. The van der Waals surface area contributed by atoms with Gasteiger partial charge in [0.2, 0.25) is 5.88 Å². The molecule has 2 fully saturated rings. The van der Waals surface area contributed by atoms with E-state index in [-0.39, 0.29) is 0 Å². The lowest BCUT2D eigenvalue weighted by Crippen LogP contribution is -2.25. The van der Waals surface area contributed by atoms with E-state index < -0.39 is 5.67 Å². The van der Waals surface area contributed by atoms with Gasteiger partial charge < -0.3 is 9.47 Å². The summed E-state index contributed by atoms with van der Waals surface area (Å²) in [7, 11) is 1.63. The maximum absolute atomic E-state index is 15.5. The lowest BCUT2D eigenvalue weighted by Gasteiger charge is -2.30. The van der Waals surface area contributed by atoms with Crippen LogP contribution in [-0.4, -0.2) is 28.7 Å². The Bertz CT molecular complexity index is 791. The van der Waals surface area contributed by atoms with Crippen molar-refractivity contribution in [2.24, 2.45) is 5.92 Å². The summed E-state index contributed by atoms with van der Waals surface area (Å²) in [6, 6.07) is 3.93. The summed E-state index contributed by atoms with van der Waals surface area (Å²) in [5.41, 5.74) is 0.215. The fourth-order valence-electron chi connectivity index (χ4n) is 3.96. The molecule has 27 heavy (non-hydrogen) atoms. The van der Waals surface area contributed by atoms with Crippen LogP contribution in [-0.2, 0) is 5.67 Å². The first-order valence-electron chi connectivity index (χ1n) is 9.75. The molecule has 0 spiro atoms. The predicted octanol–water partition coefficient (Wildman–Crippen LogP) is 4.50. The average molecular weight is 371 g/mol. The summed E-state index contributed by atoms with van der Waals surface area (Å²) in [5.74, 6) is 2.55. The molecule has 0 amide bonds. The topological polar surface area (TPSA) is 57.1 Å². The van der Waals surface area contributed by atoms with Crippen molar-refractivity contribution in [1.29, 1.82) is 0 Å². The van der Waals surface area contributed by atoms with Crippen LogP contribution in [0.15, 0.2) is 24.5 Å². The number of methoxy groups -OCH3 is 1. The van der Waals surface area contributed by atoms with Crippen LogP contribution in [0.2, 0.25) is 0 Å². The second-order valence-corrected chi connectivity index (χ2v) is 7.70. The van der Waals surface area contributed by atoms with E-state index in [2.05, 4.69) is 15.0 Å². The quantitative estimate of drug-likeness (QED) is 0.748. The smallest absolute Gasteiger partial charge is 0.223 e. The molecule has 0 saturated heterocycles. The molecule has 2 saturated carbocycles. The van der Waals surface area contributed by atoms with Crippen molar-refractivity contribution in [3.8, 4) is 11.6 Å². The Hall–Kier alpha value is -2.24. The minimum absolute atomic E-state index is 0.385. The Labute approximate surface area is 159 Å². The molecular weight excluding hydrogens is 345 g/mol. The van der Waals surface area contributed by atoms with Crippen LogP contribution in [0.1, 0.15) is 61.5 Å². The fraction of sp³-hybridized carbons (Fsp3) is 0.571. The number of ether oxygens (including phenoxy) is 2. The van der Waals surface area contributed by atoms with Gasteiger partial charge in [-0.15, -0.1) is 0 Å². The SMILES string of the molecule is COc1ccc([C@H]2C[C@@H]2COc2nc(C)ncc2C2(F)CCCCC2)nc1. The van der Waals surface area contributed by atoms with Gasteiger partial charge >= 0.3 is 0 Å². The van der Waals surface area contributed by atoms with Crippen LogP contribution in [0.25, 0.3) is 0 Å². The van der Waals surface area contributed by atoms with Crippen LogP contribution in [0.4, 0.5) is 4.39 Å². The lowest BCUT2D eigenvalue weighted by atomic mass is 9.82. The summed E-state index contributed by atoms with van der Waals surface area (Å²) in [6.45, 7) is 2.33. The van der Waals surface area contributed by atoms with Gasteiger partial charge in [0.05, 0.1) is 25.5 Å². The largest absolute Gasteiger partial charge is 0.495 e. The molecule has 2 aliphatic rings. The van der Waals surface area contributed by atoms with Crippen LogP contribution < -0.4 is 9.47 Å². The first kappa shape index (κ1) is 18.1. The Kier molecular flexibility index (Phi) is 4.98. The minimum Gasteiger partial charge on any atom is -0.495 e. The molecule has 0 bridgehead atoms. The zero-order valence-electron chi connectivity index (χ0n) is 15.9. The maximum atomic E-state index is 15.5. The van der Waals surface area contributed by atoms with Crippen LogP contribution in [0.5, 0.6) is 11.6 Å². The first-order valence-corrected chi connectivity index (χ1v) is 9.75. The number of aryl methyl sites for hydroxylation is 1. The number of rotatable bonds is 6. The van der Waals surface area contributed by atoms with Crippen molar-refractivity contribution >= 4 is 0 Å². The number of nitrogens with zero attached hydrogens (tertiary/aromatic N) is 3. The minimum atomic E-state index is -1.36. The van der Waals surface area contributed by atoms with E-state index in [0.29, 0.717) is 48.6 Å². The van der Waals surface area contributed by atoms with Gasteiger partial charge in [-0.2, -0.15) is 4.98 Å². The third-order valence-corrected chi connectivity index (χ3v) is 5.73. The molecule has 0 radical (unpaired) electrons. The van der Waals surface area contributed by atoms with Crippen molar-refractivity contribution < 1.29 is 13.9 Å². The highest BCUT2D eigenvalue weighted by molar-refractivity contribution is 5.31. The van der Waals surface area contributed by atoms with Crippen molar-refractivity contribution in [3.63, 3.8) is 0 Å². The van der Waals surface area contributed by atoms with Gasteiger partial charge in [0, 0.05) is 23.7 Å². The molecule has 2 atom stereocenters. The van der Waals surface area contributed by atoms with Crippen molar-refractivity contribution in [2.75, 3.05) is 13.7 Å². The molecule has 0 aliphatic heterocycles. The van der Waals surface area contributed by atoms with Crippen molar-refractivity contribution in [3.05, 3.63) is 41.6 Å². The molecule has 6 heteroatoms. The number of halogens is 1. The molecule has 144 valence electrons. The predicted molar refractivity (Wildman–Crippen MR) is 99.8 cm³/mol. The third-order valence-electron chi connectivity index (χ3n) is 5.73. The van der Waals surface area contributed by atoms with Crippen molar-refractivity contribution in [1.82, 2.24) is 15.0 Å². The Morgan fingerprint density at radius 3 is 2.67 bits per heavy atom. The molecule has 0 aromatic carbocycles. The van der Waals surface area contributed by atoms with E-state index in [4.69, 9.17) is 9.47 Å². The van der Waals surface area contributed by atoms with Gasteiger partial charge in [0.25, 0.3) is 0 Å². The Morgan fingerprint density at radius 2 is 1.96 bits per heavy atom. The highest BCUT2D eigenvalue weighted by Crippen LogP contribution is 2.48. The summed E-state index contributed by atoms with van der Waals surface area (Å²) < 4.78 is 26.6. The highest BCUT2D eigenvalue weighted by atomic mass is 19.1. The van der Waals surface area contributed by atoms with E-state index >= 15 is 4.39 Å². The summed E-state index contributed by atoms with van der Waals surface area (Å²) >= 11 is 0. The molecule has 5 nitrogen and oxygen atoms in total.